The Labute approximate surface area is 190 Å². The van der Waals surface area contributed by atoms with E-state index in [4.69, 9.17) is 0 Å². The highest BCUT2D eigenvalue weighted by atomic mass is 14.1. The minimum atomic E-state index is 1.32. The lowest BCUT2D eigenvalue weighted by atomic mass is 9.98. The van der Waals surface area contributed by atoms with E-state index in [1.54, 1.807) is 0 Å². The molecule has 6 aromatic rings. The van der Waals surface area contributed by atoms with Crippen molar-refractivity contribution >= 4 is 43.1 Å². The summed E-state index contributed by atoms with van der Waals surface area (Å²) >= 11 is 0. The van der Waals surface area contributed by atoms with Crippen LogP contribution >= 0.6 is 0 Å². The van der Waals surface area contributed by atoms with E-state index in [-0.39, 0.29) is 0 Å². The van der Waals surface area contributed by atoms with Crippen molar-refractivity contribution in [3.63, 3.8) is 0 Å². The number of fused-ring (bicyclic) bond motifs is 4. The predicted molar refractivity (Wildman–Crippen MR) is 142 cm³/mol. The zero-order chi connectivity index (χ0) is 22.2. The number of rotatable bonds is 0. The van der Waals surface area contributed by atoms with Gasteiger partial charge in [-0.05, 0) is 106 Å². The Hall–Kier alpha value is -3.64. The lowest BCUT2D eigenvalue weighted by Crippen LogP contribution is -1.82. The standard InChI is InChI=1S/2C16H14/c1-11-3-5-13-9-14-6-4-12(2)8-16(14)10-15(13)7-11;1-11-5-3-7-13-9-14-8-4-6-12(2)16(14)10-15(11)13/h2*3-10H,1-2H3. The minimum Gasteiger partial charge on any atom is -0.0614 e. The van der Waals surface area contributed by atoms with Crippen LogP contribution in [0.5, 0.6) is 0 Å². The van der Waals surface area contributed by atoms with Crippen LogP contribution in [0.2, 0.25) is 0 Å². The summed E-state index contributed by atoms with van der Waals surface area (Å²) in [7, 11) is 0. The number of aryl methyl sites for hydroxylation is 4. The first-order valence-electron chi connectivity index (χ1n) is 11.3. The first-order chi connectivity index (χ1) is 15.5. The number of benzene rings is 6. The van der Waals surface area contributed by atoms with Crippen molar-refractivity contribution in [3.8, 4) is 0 Å². The topological polar surface area (TPSA) is 0 Å². The quantitative estimate of drug-likeness (QED) is 0.218. The molecule has 0 aliphatic heterocycles. The molecule has 0 unspecified atom stereocenters. The molecule has 0 aromatic heterocycles. The Bertz CT molecular complexity index is 1480. The van der Waals surface area contributed by atoms with E-state index in [2.05, 4.69) is 125 Å². The molecule has 0 nitrogen and oxygen atoms in total. The molecule has 0 aliphatic rings. The Morgan fingerprint density at radius 2 is 0.781 bits per heavy atom. The summed E-state index contributed by atoms with van der Waals surface area (Å²) in [6, 6.07) is 35.3. The molecular formula is C32H28. The molecule has 156 valence electrons. The predicted octanol–water partition coefficient (Wildman–Crippen LogP) is 9.22. The molecule has 0 fully saturated rings. The summed E-state index contributed by atoms with van der Waals surface area (Å²) in [5.74, 6) is 0. The molecule has 0 heterocycles. The summed E-state index contributed by atoms with van der Waals surface area (Å²) in [6.45, 7) is 8.62. The third-order valence-electron chi connectivity index (χ3n) is 6.42. The van der Waals surface area contributed by atoms with E-state index < -0.39 is 0 Å². The van der Waals surface area contributed by atoms with Crippen molar-refractivity contribution in [2.24, 2.45) is 0 Å². The van der Waals surface area contributed by atoms with E-state index in [9.17, 15) is 0 Å². The number of hydrogen-bond donors (Lipinski definition) is 0. The van der Waals surface area contributed by atoms with Gasteiger partial charge in [0.1, 0.15) is 0 Å². The summed E-state index contributed by atoms with van der Waals surface area (Å²) in [5.41, 5.74) is 5.34. The normalized spacial score (nSPS) is 11.1. The second kappa shape index (κ2) is 8.13. The molecule has 6 aromatic carbocycles. The van der Waals surface area contributed by atoms with Crippen molar-refractivity contribution in [1.82, 2.24) is 0 Å². The van der Waals surface area contributed by atoms with Crippen LogP contribution in [0, 0.1) is 27.7 Å². The van der Waals surface area contributed by atoms with Crippen LogP contribution in [-0.2, 0) is 0 Å². The highest BCUT2D eigenvalue weighted by Crippen LogP contribution is 2.27. The molecule has 32 heavy (non-hydrogen) atoms. The largest absolute Gasteiger partial charge is 0.0614 e. The van der Waals surface area contributed by atoms with Crippen LogP contribution in [0.4, 0.5) is 0 Å². The van der Waals surface area contributed by atoms with Gasteiger partial charge in [0.25, 0.3) is 0 Å². The fourth-order valence-electron chi connectivity index (χ4n) is 4.60. The summed E-state index contributed by atoms with van der Waals surface area (Å²) in [4.78, 5) is 0. The summed E-state index contributed by atoms with van der Waals surface area (Å²) < 4.78 is 0. The van der Waals surface area contributed by atoms with Crippen LogP contribution < -0.4 is 0 Å². The van der Waals surface area contributed by atoms with Gasteiger partial charge in [-0.15, -0.1) is 0 Å². The lowest BCUT2D eigenvalue weighted by Gasteiger charge is -2.06. The van der Waals surface area contributed by atoms with Crippen LogP contribution in [-0.4, -0.2) is 0 Å². The van der Waals surface area contributed by atoms with Crippen LogP contribution in [0.1, 0.15) is 22.3 Å². The molecule has 0 saturated carbocycles. The van der Waals surface area contributed by atoms with E-state index in [0.717, 1.165) is 0 Å². The highest BCUT2D eigenvalue weighted by molar-refractivity contribution is 6.01. The maximum absolute atomic E-state index is 2.31. The summed E-state index contributed by atoms with van der Waals surface area (Å²) in [5, 5.41) is 10.7. The number of hydrogen-bond acceptors (Lipinski definition) is 0. The molecule has 0 bridgehead atoms. The molecule has 0 amide bonds. The zero-order valence-corrected chi connectivity index (χ0v) is 19.2. The monoisotopic (exact) mass is 412 g/mol. The molecule has 0 spiro atoms. The van der Waals surface area contributed by atoms with Crippen LogP contribution in [0.15, 0.2) is 97.1 Å². The van der Waals surface area contributed by atoms with Crippen molar-refractivity contribution < 1.29 is 0 Å². The zero-order valence-electron chi connectivity index (χ0n) is 19.2. The van der Waals surface area contributed by atoms with Gasteiger partial charge in [-0.25, -0.2) is 0 Å². The summed E-state index contributed by atoms with van der Waals surface area (Å²) in [6.07, 6.45) is 0. The van der Waals surface area contributed by atoms with Crippen molar-refractivity contribution in [3.05, 3.63) is 119 Å². The van der Waals surface area contributed by atoms with E-state index in [1.807, 2.05) is 0 Å². The Morgan fingerprint density at radius 3 is 1.28 bits per heavy atom. The van der Waals surface area contributed by atoms with Gasteiger partial charge in [0.2, 0.25) is 0 Å². The van der Waals surface area contributed by atoms with Crippen molar-refractivity contribution in [1.29, 1.82) is 0 Å². The minimum absolute atomic E-state index is 1.32. The Balaban J connectivity index is 0.000000135. The molecular weight excluding hydrogens is 384 g/mol. The van der Waals surface area contributed by atoms with Gasteiger partial charge in [-0.1, -0.05) is 83.9 Å². The maximum Gasteiger partial charge on any atom is -0.0148 e. The fraction of sp³-hybridized carbons (Fsp3) is 0.125. The van der Waals surface area contributed by atoms with E-state index in [0.29, 0.717) is 0 Å². The van der Waals surface area contributed by atoms with Gasteiger partial charge in [0, 0.05) is 0 Å². The second-order valence-electron chi connectivity index (χ2n) is 9.00. The molecule has 6 rings (SSSR count). The van der Waals surface area contributed by atoms with Gasteiger partial charge in [-0.3, -0.25) is 0 Å². The van der Waals surface area contributed by atoms with E-state index in [1.165, 1.54) is 65.3 Å². The smallest absolute Gasteiger partial charge is 0.0148 e. The van der Waals surface area contributed by atoms with Crippen LogP contribution in [0.3, 0.4) is 0 Å². The average Bonchev–Trinajstić information content (AvgIpc) is 2.78. The van der Waals surface area contributed by atoms with Crippen molar-refractivity contribution in [2.45, 2.75) is 27.7 Å². The van der Waals surface area contributed by atoms with Gasteiger partial charge in [0.05, 0.1) is 0 Å². The van der Waals surface area contributed by atoms with Gasteiger partial charge in [-0.2, -0.15) is 0 Å². The Morgan fingerprint density at radius 1 is 0.344 bits per heavy atom. The SMILES string of the molecule is Cc1ccc2cc3ccc(C)cc3cc2c1.Cc1cccc2cc3cccc(C)c3cc12. The van der Waals surface area contributed by atoms with Crippen molar-refractivity contribution in [2.75, 3.05) is 0 Å². The van der Waals surface area contributed by atoms with Gasteiger partial charge >= 0.3 is 0 Å². The molecule has 0 saturated heterocycles. The molecule has 0 radical (unpaired) electrons. The molecule has 0 heteroatoms. The molecule has 0 aliphatic carbocycles. The Kier molecular flexibility index (Phi) is 5.15. The molecule has 0 N–H and O–H groups in total. The average molecular weight is 413 g/mol. The van der Waals surface area contributed by atoms with Gasteiger partial charge in [0.15, 0.2) is 0 Å². The molecule has 0 atom stereocenters. The lowest BCUT2D eigenvalue weighted by molar-refractivity contribution is 1.50. The third kappa shape index (κ3) is 3.85. The van der Waals surface area contributed by atoms with Gasteiger partial charge < -0.3 is 0 Å². The van der Waals surface area contributed by atoms with E-state index >= 15 is 0 Å². The maximum atomic E-state index is 2.31. The third-order valence-corrected chi connectivity index (χ3v) is 6.42. The second-order valence-corrected chi connectivity index (χ2v) is 9.00. The first-order valence-corrected chi connectivity index (χ1v) is 11.3. The fourth-order valence-corrected chi connectivity index (χ4v) is 4.60. The van der Waals surface area contributed by atoms with Crippen LogP contribution in [0.25, 0.3) is 43.1 Å². The first kappa shape index (κ1) is 20.3. The highest BCUT2D eigenvalue weighted by Gasteiger charge is 2.02.